The van der Waals surface area contributed by atoms with Gasteiger partial charge >= 0.3 is 5.97 Å². The Morgan fingerprint density at radius 3 is 2.14 bits per heavy atom. The smallest absolute Gasteiger partial charge is 0.323 e. The van der Waals surface area contributed by atoms with E-state index in [1.54, 1.807) is 34.6 Å². The molecule has 0 aromatic rings. The van der Waals surface area contributed by atoms with Crippen molar-refractivity contribution in [3.63, 3.8) is 0 Å². The Hall–Kier alpha value is -0.650. The number of hydrogen-bond acceptors (Lipinski definition) is 4. The normalized spacial score (nSPS) is 14.4. The van der Waals surface area contributed by atoms with Gasteiger partial charge in [-0.15, -0.1) is 4.99 Å². The molecule has 0 unspecified atom stereocenters. The minimum absolute atomic E-state index is 0.0731. The summed E-state index contributed by atoms with van der Waals surface area (Å²) < 4.78 is 0. The Kier molecular flexibility index (Phi) is 5.04. The van der Waals surface area contributed by atoms with Gasteiger partial charge in [-0.3, -0.25) is 4.79 Å². The molecule has 0 aliphatic rings. The lowest BCUT2D eigenvalue weighted by Gasteiger charge is -2.21. The molecule has 0 heterocycles. The molecule has 14 heavy (non-hydrogen) atoms. The van der Waals surface area contributed by atoms with Crippen LogP contribution < -0.4 is 5.48 Å². The molecule has 1 atom stereocenters. The van der Waals surface area contributed by atoms with Crippen molar-refractivity contribution in [2.75, 3.05) is 0 Å². The van der Waals surface area contributed by atoms with Crippen LogP contribution in [0, 0.1) is 5.92 Å². The lowest BCUT2D eigenvalue weighted by atomic mass is 10.1. The molecule has 0 aliphatic carbocycles. The molecule has 0 amide bonds. The van der Waals surface area contributed by atoms with Gasteiger partial charge in [-0.25, -0.2) is 4.89 Å². The second-order valence-electron chi connectivity index (χ2n) is 4.46. The van der Waals surface area contributed by atoms with Crippen molar-refractivity contribution >= 4 is 5.97 Å². The van der Waals surface area contributed by atoms with E-state index in [1.807, 2.05) is 0 Å². The van der Waals surface area contributed by atoms with E-state index in [9.17, 15) is 4.79 Å². The zero-order valence-corrected chi connectivity index (χ0v) is 9.33. The third-order valence-corrected chi connectivity index (χ3v) is 1.40. The minimum atomic E-state index is -0.961. The molecule has 84 valence electrons. The molecule has 2 N–H and O–H groups in total. The number of rotatable bonds is 5. The third kappa shape index (κ3) is 5.90. The molecule has 0 fully saturated rings. The zero-order valence-electron chi connectivity index (χ0n) is 9.33. The minimum Gasteiger partial charge on any atom is -0.480 e. The highest BCUT2D eigenvalue weighted by Gasteiger charge is 2.22. The van der Waals surface area contributed by atoms with Crippen LogP contribution in [-0.2, 0) is 14.7 Å². The predicted octanol–water partition coefficient (Wildman–Crippen LogP) is 1.35. The molecule has 0 bridgehead atoms. The maximum Gasteiger partial charge on any atom is 0.323 e. The van der Waals surface area contributed by atoms with Crippen LogP contribution in [0.25, 0.3) is 0 Å². The average molecular weight is 205 g/mol. The topological polar surface area (TPSA) is 67.8 Å². The maximum absolute atomic E-state index is 10.7. The number of carboxylic acid groups (broad SMARTS) is 1. The Labute approximate surface area is 84.3 Å². The van der Waals surface area contributed by atoms with Gasteiger partial charge in [0.25, 0.3) is 0 Å². The van der Waals surface area contributed by atoms with Crippen molar-refractivity contribution in [3.8, 4) is 0 Å². The molecule has 0 rings (SSSR count). The fourth-order valence-electron chi connectivity index (χ4n) is 0.673. The van der Waals surface area contributed by atoms with Gasteiger partial charge in [0.2, 0.25) is 0 Å². The van der Waals surface area contributed by atoms with Crippen LogP contribution in [0.1, 0.15) is 34.6 Å². The Bertz CT molecular complexity index is 186. The summed E-state index contributed by atoms with van der Waals surface area (Å²) in [6, 6.07) is -0.766. The van der Waals surface area contributed by atoms with Gasteiger partial charge in [0.1, 0.15) is 6.04 Å². The number of carboxylic acids is 1. The van der Waals surface area contributed by atoms with Crippen LogP contribution >= 0.6 is 0 Å². The standard InChI is InChI=1S/C9H19NO4/c1-6(2)7(8(11)12)10-14-13-9(3,4)5/h6-7,10H,1-5H3,(H,11,12)/t7-/m0/s1. The van der Waals surface area contributed by atoms with Crippen molar-refractivity contribution in [3.05, 3.63) is 0 Å². The third-order valence-electron chi connectivity index (χ3n) is 1.40. The highest BCUT2D eigenvalue weighted by atomic mass is 17.3. The molecular formula is C9H19NO4. The summed E-state index contributed by atoms with van der Waals surface area (Å²) in [4.78, 5) is 20.2. The summed E-state index contributed by atoms with van der Waals surface area (Å²) in [7, 11) is 0. The lowest BCUT2D eigenvalue weighted by molar-refractivity contribution is -0.388. The van der Waals surface area contributed by atoms with Crippen LogP contribution in [0.2, 0.25) is 0 Å². The van der Waals surface area contributed by atoms with Gasteiger partial charge in [0.15, 0.2) is 0 Å². The van der Waals surface area contributed by atoms with E-state index in [0.717, 1.165) is 0 Å². The number of carbonyl (C=O) groups is 1. The van der Waals surface area contributed by atoms with Gasteiger partial charge in [0, 0.05) is 0 Å². The van der Waals surface area contributed by atoms with E-state index in [-0.39, 0.29) is 5.92 Å². The van der Waals surface area contributed by atoms with Gasteiger partial charge in [-0.2, -0.15) is 5.48 Å². The zero-order chi connectivity index (χ0) is 11.4. The van der Waals surface area contributed by atoms with Crippen LogP contribution in [-0.4, -0.2) is 22.7 Å². The predicted molar refractivity (Wildman–Crippen MR) is 51.3 cm³/mol. The average Bonchev–Trinajstić information content (AvgIpc) is 1.94. The summed E-state index contributed by atoms with van der Waals surface area (Å²) in [5, 5.41) is 8.78. The lowest BCUT2D eigenvalue weighted by Crippen LogP contribution is -2.42. The Morgan fingerprint density at radius 1 is 1.36 bits per heavy atom. The quantitative estimate of drug-likeness (QED) is 0.523. The molecule has 0 radical (unpaired) electrons. The first-order valence-electron chi connectivity index (χ1n) is 4.57. The summed E-state index contributed by atoms with van der Waals surface area (Å²) in [6.07, 6.45) is 0. The van der Waals surface area contributed by atoms with Crippen LogP contribution in [0.4, 0.5) is 0 Å². The van der Waals surface area contributed by atoms with Crippen molar-refractivity contribution < 1.29 is 19.8 Å². The molecule has 5 heteroatoms. The first kappa shape index (κ1) is 13.4. The van der Waals surface area contributed by atoms with Gasteiger partial charge < -0.3 is 5.11 Å². The SMILES string of the molecule is CC(C)[C@H](NOOC(C)(C)C)C(=O)O. The first-order valence-corrected chi connectivity index (χ1v) is 4.57. The van der Waals surface area contributed by atoms with E-state index in [2.05, 4.69) is 10.5 Å². The number of nitrogens with one attached hydrogen (secondary N) is 1. The van der Waals surface area contributed by atoms with E-state index in [1.165, 1.54) is 0 Å². The summed E-state index contributed by atoms with van der Waals surface area (Å²) in [5.74, 6) is -1.03. The van der Waals surface area contributed by atoms with Crippen LogP contribution in [0.3, 0.4) is 0 Å². The molecule has 0 aromatic heterocycles. The second kappa shape index (κ2) is 5.29. The van der Waals surface area contributed by atoms with E-state index >= 15 is 0 Å². The van der Waals surface area contributed by atoms with Gasteiger partial charge in [-0.1, -0.05) is 13.8 Å². The Morgan fingerprint density at radius 2 is 1.86 bits per heavy atom. The first-order chi connectivity index (χ1) is 6.24. The number of hydroxylamine groups is 1. The molecule has 5 nitrogen and oxygen atoms in total. The van der Waals surface area contributed by atoms with Crippen molar-refractivity contribution in [1.82, 2.24) is 5.48 Å². The fourth-order valence-corrected chi connectivity index (χ4v) is 0.673. The molecule has 0 spiro atoms. The molecule has 0 saturated carbocycles. The molecule has 0 aliphatic heterocycles. The highest BCUT2D eigenvalue weighted by molar-refractivity contribution is 5.73. The summed E-state index contributed by atoms with van der Waals surface area (Å²) >= 11 is 0. The van der Waals surface area contributed by atoms with E-state index < -0.39 is 17.6 Å². The monoisotopic (exact) mass is 205 g/mol. The number of aliphatic carboxylic acids is 1. The number of hydrogen-bond donors (Lipinski definition) is 2. The van der Waals surface area contributed by atoms with Crippen LogP contribution in [0.5, 0.6) is 0 Å². The molecule has 0 saturated heterocycles. The van der Waals surface area contributed by atoms with Gasteiger partial charge in [0.05, 0.1) is 5.60 Å². The summed E-state index contributed by atoms with van der Waals surface area (Å²) in [5.41, 5.74) is 1.89. The Balaban J connectivity index is 3.90. The van der Waals surface area contributed by atoms with Crippen molar-refractivity contribution in [1.29, 1.82) is 0 Å². The van der Waals surface area contributed by atoms with Crippen molar-refractivity contribution in [2.24, 2.45) is 5.92 Å². The maximum atomic E-state index is 10.7. The van der Waals surface area contributed by atoms with Gasteiger partial charge in [-0.05, 0) is 26.7 Å². The molecular weight excluding hydrogens is 186 g/mol. The van der Waals surface area contributed by atoms with E-state index in [4.69, 9.17) is 9.99 Å². The van der Waals surface area contributed by atoms with Crippen LogP contribution in [0.15, 0.2) is 0 Å². The van der Waals surface area contributed by atoms with Crippen molar-refractivity contribution in [2.45, 2.75) is 46.3 Å². The molecule has 0 aromatic carbocycles. The fraction of sp³-hybridized carbons (Fsp3) is 0.889. The second-order valence-corrected chi connectivity index (χ2v) is 4.46. The largest absolute Gasteiger partial charge is 0.480 e. The highest BCUT2D eigenvalue weighted by Crippen LogP contribution is 2.07. The van der Waals surface area contributed by atoms with E-state index in [0.29, 0.717) is 0 Å². The summed E-state index contributed by atoms with van der Waals surface area (Å²) in [6.45, 7) is 8.98.